The van der Waals surface area contributed by atoms with Crippen LogP contribution in [0, 0.1) is 0 Å². The fourth-order valence-corrected chi connectivity index (χ4v) is 0.476. The van der Waals surface area contributed by atoms with Crippen LogP contribution in [-0.4, -0.2) is 82.5 Å². The van der Waals surface area contributed by atoms with Gasteiger partial charge in [0.15, 0.2) is 0 Å². The molecule has 28 heteroatoms. The van der Waals surface area contributed by atoms with Crippen LogP contribution in [0.2, 0.25) is 0 Å². The van der Waals surface area contributed by atoms with E-state index in [4.69, 9.17) is 1.37 Å². The topological polar surface area (TPSA) is 0 Å². The molecule has 0 unspecified atom stereocenters. The minimum Gasteiger partial charge on any atom is -0.255 e. The molecule has 0 saturated heterocycles. The van der Waals surface area contributed by atoms with Gasteiger partial charge >= 0.3 is 61.0 Å². The Bertz CT molecular complexity index is 620. The normalized spacial score (nSPS) is 12.3. The van der Waals surface area contributed by atoms with E-state index in [1.165, 1.54) is 0 Å². The van der Waals surface area contributed by atoms with Crippen molar-refractivity contribution in [2.45, 2.75) is 110 Å². The first-order chi connectivity index (χ1) is 19.8. The molecular weight excluding hydrogens is 772 g/mol. The van der Waals surface area contributed by atoms with Crippen molar-refractivity contribution in [1.82, 2.24) is 0 Å². The van der Waals surface area contributed by atoms with E-state index in [0.29, 0.717) is 14.4 Å². The molecule has 0 aromatic heterocycles. The molecule has 0 saturated carbocycles. The average molecular weight is 806 g/mol. The van der Waals surface area contributed by atoms with E-state index in [1.807, 2.05) is 0 Å². The molecule has 0 nitrogen and oxygen atoms in total. The molecular formula is C20H32F28. The number of alkyl halides is 28. The molecule has 0 aromatic carbocycles. The van der Waals surface area contributed by atoms with E-state index in [-0.39, 0.29) is 35.6 Å². The van der Waals surface area contributed by atoms with E-state index in [1.54, 1.807) is 0 Å². The zero-order valence-electron chi connectivity index (χ0n) is 24.1. The van der Waals surface area contributed by atoms with Crippen molar-refractivity contribution in [2.75, 3.05) is 21.5 Å². The first kappa shape index (κ1) is 68.1. The van der Waals surface area contributed by atoms with E-state index in [2.05, 4.69) is 0 Å². The zero-order chi connectivity index (χ0) is 41.5. The van der Waals surface area contributed by atoms with E-state index in [9.17, 15) is 123 Å². The van der Waals surface area contributed by atoms with Crippen molar-refractivity contribution in [3.05, 3.63) is 0 Å². The molecule has 0 amide bonds. The van der Waals surface area contributed by atoms with Crippen LogP contribution in [0.1, 0.15) is 50.3 Å². The number of hydrogen-bond donors (Lipinski definition) is 0. The highest BCUT2D eigenvalue weighted by molar-refractivity contribution is 4.87. The number of hydrogen-bond acceptors (Lipinski definition) is 0. The molecule has 0 atom stereocenters. The highest BCUT2D eigenvalue weighted by atomic mass is 19.4. The standard InChI is InChI=1S/C4H3F7.C3H2F6.C3H3F5.C3H4F4.C2H3F3.3CH3F.2CH4/c1-2(5,6)3(7,8)4(9,10)11;4-2(5,6)1-3(7,8)9;1-2(4,5)3(6,7)8;1-3(6,7)2(4)5;1-2(3,4)5;3*1-2;;/h1H3;1H2;1H3;2H,1H3;1H3;3*1H3;2*1H4/i;;;;;1T;;;;. The molecule has 0 aliphatic rings. The third-order valence-electron chi connectivity index (χ3n) is 2.19. The Morgan fingerprint density at radius 3 is 0.583 bits per heavy atom. The van der Waals surface area contributed by atoms with Crippen LogP contribution in [0.25, 0.3) is 0 Å². The molecule has 0 aromatic rings. The molecule has 48 heavy (non-hydrogen) atoms. The first-order valence-corrected chi connectivity index (χ1v) is 9.55. The lowest BCUT2D eigenvalue weighted by atomic mass is 10.2. The van der Waals surface area contributed by atoms with Gasteiger partial charge in [0.25, 0.3) is 0 Å². The van der Waals surface area contributed by atoms with Crippen LogP contribution in [0.5, 0.6) is 0 Å². The van der Waals surface area contributed by atoms with Crippen molar-refractivity contribution in [2.24, 2.45) is 0 Å². The SMILES string of the molecule is C.C.CC(F)(F)C(F)(F)C(F)(F)F.CC(F)(F)C(F)(F)F.CC(F)(F)C(F)F.CC(F)(F)F.CF.CF.FC(F)(F)CC(F)(F)F.[3H]CF. The van der Waals surface area contributed by atoms with Gasteiger partial charge in [-0.3, -0.25) is 13.2 Å². The summed E-state index contributed by atoms with van der Waals surface area (Å²) in [4.78, 5) is 0. The second-order valence-electron chi connectivity index (χ2n) is 6.79. The van der Waals surface area contributed by atoms with Gasteiger partial charge in [-0.2, -0.15) is 92.2 Å². The summed E-state index contributed by atoms with van der Waals surface area (Å²) in [6.07, 6.45) is -32.1. The Hall–Kier alpha value is -1.96. The molecule has 0 aliphatic carbocycles. The Morgan fingerprint density at radius 2 is 0.583 bits per heavy atom. The van der Waals surface area contributed by atoms with Gasteiger partial charge in [-0.25, -0.2) is 17.6 Å². The Morgan fingerprint density at radius 1 is 0.438 bits per heavy atom. The molecule has 0 bridgehead atoms. The predicted molar refractivity (Wildman–Crippen MR) is 118 cm³/mol. The molecule has 0 N–H and O–H groups in total. The van der Waals surface area contributed by atoms with E-state index in [0.717, 1.165) is 0 Å². The number of rotatable bonds is 2. The first-order valence-electron chi connectivity index (χ1n) is 10.3. The van der Waals surface area contributed by atoms with Gasteiger partial charge < -0.3 is 0 Å². The summed E-state index contributed by atoms with van der Waals surface area (Å²) >= 11 is 0. The Labute approximate surface area is 257 Å². The summed E-state index contributed by atoms with van der Waals surface area (Å²) in [5, 5.41) is 0. The highest BCUT2D eigenvalue weighted by Gasteiger charge is 2.70. The number of halogens is 28. The average Bonchev–Trinajstić information content (AvgIpc) is 2.71. The highest BCUT2D eigenvalue weighted by Crippen LogP contribution is 2.45. The fraction of sp³-hybridized carbons (Fsp3) is 1.00. The van der Waals surface area contributed by atoms with Crippen molar-refractivity contribution < 1.29 is 124 Å². The van der Waals surface area contributed by atoms with Crippen molar-refractivity contribution in [3.63, 3.8) is 0 Å². The van der Waals surface area contributed by atoms with Gasteiger partial charge in [-0.05, 0) is 0 Å². The Kier molecular flexibility index (Phi) is 39.4. The quantitative estimate of drug-likeness (QED) is 0.244. The van der Waals surface area contributed by atoms with Gasteiger partial charge in [0.2, 0.25) is 0 Å². The van der Waals surface area contributed by atoms with Gasteiger partial charge in [-0.1, -0.05) is 14.9 Å². The van der Waals surface area contributed by atoms with Crippen molar-refractivity contribution in [3.8, 4) is 0 Å². The summed E-state index contributed by atoms with van der Waals surface area (Å²) in [7, 11) is 0. The maximum Gasteiger partial charge on any atom is 0.459 e. The van der Waals surface area contributed by atoms with Gasteiger partial charge in [0.1, 0.15) is 6.42 Å². The monoisotopic (exact) mass is 806 g/mol. The molecule has 0 radical (unpaired) electrons. The third kappa shape index (κ3) is 59.5. The van der Waals surface area contributed by atoms with Crippen molar-refractivity contribution >= 4 is 0 Å². The lowest BCUT2D eigenvalue weighted by Gasteiger charge is -2.24. The summed E-state index contributed by atoms with van der Waals surface area (Å²) in [6.45, 7) is -0.307. The van der Waals surface area contributed by atoms with E-state index < -0.39 is 81.5 Å². The fourth-order valence-electron chi connectivity index (χ4n) is 0.476. The summed E-state index contributed by atoms with van der Waals surface area (Å²) in [5.41, 5.74) is 0. The Balaban J connectivity index is -0.0000000465. The third-order valence-corrected chi connectivity index (χ3v) is 2.19. The van der Waals surface area contributed by atoms with Crippen LogP contribution in [0.15, 0.2) is 0 Å². The largest absolute Gasteiger partial charge is 0.459 e. The molecule has 0 aliphatic heterocycles. The molecule has 0 fully saturated rings. The summed E-state index contributed by atoms with van der Waals surface area (Å²) < 4.78 is 308. The molecule has 0 rings (SSSR count). The minimum atomic E-state index is -6.20. The van der Waals surface area contributed by atoms with Gasteiger partial charge in [-0.15, -0.1) is 0 Å². The molecule has 0 heterocycles. The van der Waals surface area contributed by atoms with Crippen LogP contribution in [0.4, 0.5) is 123 Å². The van der Waals surface area contributed by atoms with E-state index >= 15 is 0 Å². The summed E-state index contributed by atoms with van der Waals surface area (Å²) in [5.74, 6) is -19.4. The van der Waals surface area contributed by atoms with Crippen LogP contribution < -0.4 is 0 Å². The van der Waals surface area contributed by atoms with Crippen LogP contribution in [-0.2, 0) is 0 Å². The lowest BCUT2D eigenvalue weighted by molar-refractivity contribution is -0.349. The minimum absolute atomic E-state index is 0. The maximum atomic E-state index is 11.6. The zero-order valence-corrected chi connectivity index (χ0v) is 23.1. The summed E-state index contributed by atoms with van der Waals surface area (Å²) in [6, 6.07) is 0. The van der Waals surface area contributed by atoms with Crippen molar-refractivity contribution in [1.29, 1.82) is 0 Å². The molecule has 308 valence electrons. The van der Waals surface area contributed by atoms with Crippen LogP contribution >= 0.6 is 0 Å². The second kappa shape index (κ2) is 27.8. The van der Waals surface area contributed by atoms with Gasteiger partial charge in [0.05, 0.1) is 22.9 Å². The maximum absolute atomic E-state index is 11.6. The second-order valence-corrected chi connectivity index (χ2v) is 6.79. The lowest BCUT2D eigenvalue weighted by Crippen LogP contribution is -2.50. The predicted octanol–water partition coefficient (Wildman–Crippen LogP) is 14.0. The van der Waals surface area contributed by atoms with Gasteiger partial charge in [0, 0.05) is 27.7 Å². The smallest absolute Gasteiger partial charge is 0.255 e. The molecule has 0 spiro atoms. The van der Waals surface area contributed by atoms with Crippen LogP contribution in [0.3, 0.4) is 0 Å².